The molecule has 0 spiro atoms. The van der Waals surface area contributed by atoms with Gasteiger partial charge in [-0.25, -0.2) is 0 Å². The molecule has 0 saturated heterocycles. The second-order valence-corrected chi connectivity index (χ2v) is 7.14. The lowest BCUT2D eigenvalue weighted by Crippen LogP contribution is -2.37. The Morgan fingerprint density at radius 1 is 1.07 bits per heavy atom. The molecule has 2 aliphatic rings. The lowest BCUT2D eigenvalue weighted by atomic mass is 9.85. The van der Waals surface area contributed by atoms with E-state index in [0.29, 0.717) is 12.8 Å². The standard InChI is InChI=1S/C23H24N2O2/c1-2-9-21(27)25-19-14-7-6-12-17(19)24-18-13-8-15-20(26)22(18)23(25)16-10-4-3-5-11-16/h3-7,10-12,14,23-24H,2,8-9,13,15H2,1H3. The zero-order chi connectivity index (χ0) is 18.8. The Labute approximate surface area is 159 Å². The monoisotopic (exact) mass is 360 g/mol. The van der Waals surface area contributed by atoms with Crippen LogP contribution in [0.4, 0.5) is 11.4 Å². The van der Waals surface area contributed by atoms with Gasteiger partial charge in [0.25, 0.3) is 0 Å². The third-order valence-electron chi connectivity index (χ3n) is 5.28. The summed E-state index contributed by atoms with van der Waals surface area (Å²) >= 11 is 0. The van der Waals surface area contributed by atoms with Crippen molar-refractivity contribution in [1.82, 2.24) is 0 Å². The summed E-state index contributed by atoms with van der Waals surface area (Å²) in [7, 11) is 0. The Hall–Kier alpha value is -2.88. The predicted molar refractivity (Wildman–Crippen MR) is 108 cm³/mol. The first-order valence-corrected chi connectivity index (χ1v) is 9.70. The van der Waals surface area contributed by atoms with Crippen molar-refractivity contribution < 1.29 is 9.59 Å². The number of benzene rings is 2. The van der Waals surface area contributed by atoms with Crippen molar-refractivity contribution in [3.05, 3.63) is 71.4 Å². The van der Waals surface area contributed by atoms with Gasteiger partial charge in [0.15, 0.2) is 5.78 Å². The van der Waals surface area contributed by atoms with Gasteiger partial charge in [-0.2, -0.15) is 0 Å². The number of rotatable bonds is 3. The molecule has 2 aromatic rings. The number of hydrogen-bond acceptors (Lipinski definition) is 3. The van der Waals surface area contributed by atoms with Crippen molar-refractivity contribution >= 4 is 23.1 Å². The Bertz CT molecular complexity index is 902. The van der Waals surface area contributed by atoms with Crippen molar-refractivity contribution in [2.75, 3.05) is 10.2 Å². The average Bonchev–Trinajstić information content (AvgIpc) is 2.84. The van der Waals surface area contributed by atoms with Gasteiger partial charge in [0.2, 0.25) is 5.91 Å². The minimum absolute atomic E-state index is 0.0488. The lowest BCUT2D eigenvalue weighted by molar-refractivity contribution is -0.119. The molecule has 27 heavy (non-hydrogen) atoms. The fourth-order valence-corrected chi connectivity index (χ4v) is 4.09. The molecule has 0 radical (unpaired) electrons. The topological polar surface area (TPSA) is 49.4 Å². The Morgan fingerprint density at radius 2 is 1.81 bits per heavy atom. The normalized spacial score (nSPS) is 19.1. The number of carbonyl (C=O) groups is 2. The summed E-state index contributed by atoms with van der Waals surface area (Å²) in [5.41, 5.74) is 4.41. The van der Waals surface area contributed by atoms with Crippen LogP contribution in [0.15, 0.2) is 65.9 Å². The number of para-hydroxylation sites is 2. The van der Waals surface area contributed by atoms with Crippen molar-refractivity contribution in [1.29, 1.82) is 0 Å². The Morgan fingerprint density at radius 3 is 2.59 bits per heavy atom. The third-order valence-corrected chi connectivity index (χ3v) is 5.28. The van der Waals surface area contributed by atoms with Gasteiger partial charge in [-0.05, 0) is 37.0 Å². The van der Waals surface area contributed by atoms with E-state index in [1.165, 1.54) is 0 Å². The van der Waals surface area contributed by atoms with E-state index < -0.39 is 0 Å². The molecule has 2 aromatic carbocycles. The number of hydrogen-bond donors (Lipinski definition) is 1. The minimum atomic E-state index is -0.385. The number of nitrogens with one attached hydrogen (secondary N) is 1. The predicted octanol–water partition coefficient (Wildman–Crippen LogP) is 4.99. The summed E-state index contributed by atoms with van der Waals surface area (Å²) in [5.74, 6) is 0.187. The number of amides is 1. The molecule has 1 unspecified atom stereocenters. The molecular formula is C23H24N2O2. The molecule has 0 bridgehead atoms. The van der Waals surface area contributed by atoms with Gasteiger partial charge in [0.05, 0.1) is 17.4 Å². The summed E-state index contributed by atoms with van der Waals surface area (Å²) in [6.45, 7) is 2.01. The molecule has 4 rings (SSSR count). The number of anilines is 2. The number of carbonyl (C=O) groups excluding carboxylic acids is 2. The first-order valence-electron chi connectivity index (χ1n) is 9.70. The molecule has 4 heteroatoms. The smallest absolute Gasteiger partial charge is 0.227 e. The number of fused-ring (bicyclic) bond motifs is 1. The molecule has 1 aliphatic heterocycles. The molecule has 1 heterocycles. The van der Waals surface area contributed by atoms with E-state index in [0.717, 1.165) is 47.5 Å². The highest BCUT2D eigenvalue weighted by atomic mass is 16.2. The van der Waals surface area contributed by atoms with Gasteiger partial charge < -0.3 is 5.32 Å². The SMILES string of the molecule is CCCC(=O)N1c2ccccc2NC2=C(C(=O)CCC2)C1c1ccccc1. The van der Waals surface area contributed by atoms with E-state index in [4.69, 9.17) is 0 Å². The fraction of sp³-hybridized carbons (Fsp3) is 0.304. The summed E-state index contributed by atoms with van der Waals surface area (Å²) in [5, 5.41) is 3.48. The fourth-order valence-electron chi connectivity index (χ4n) is 4.09. The highest BCUT2D eigenvalue weighted by molar-refractivity contribution is 6.06. The maximum absolute atomic E-state index is 13.2. The molecular weight excluding hydrogens is 336 g/mol. The van der Waals surface area contributed by atoms with E-state index in [-0.39, 0.29) is 17.7 Å². The van der Waals surface area contributed by atoms with Crippen molar-refractivity contribution in [2.45, 2.75) is 45.1 Å². The van der Waals surface area contributed by atoms with Gasteiger partial charge in [-0.3, -0.25) is 14.5 Å². The van der Waals surface area contributed by atoms with Crippen LogP contribution >= 0.6 is 0 Å². The third kappa shape index (κ3) is 3.16. The van der Waals surface area contributed by atoms with Crippen LogP contribution in [-0.4, -0.2) is 11.7 Å². The van der Waals surface area contributed by atoms with Crippen LogP contribution in [0, 0.1) is 0 Å². The maximum Gasteiger partial charge on any atom is 0.227 e. The van der Waals surface area contributed by atoms with E-state index in [1.54, 1.807) is 0 Å². The van der Waals surface area contributed by atoms with Crippen LogP contribution in [0.2, 0.25) is 0 Å². The van der Waals surface area contributed by atoms with Crippen LogP contribution in [0.3, 0.4) is 0 Å². The zero-order valence-corrected chi connectivity index (χ0v) is 15.6. The summed E-state index contributed by atoms with van der Waals surface area (Å²) in [4.78, 5) is 28.1. The quantitative estimate of drug-likeness (QED) is 0.838. The summed E-state index contributed by atoms with van der Waals surface area (Å²) < 4.78 is 0. The second kappa shape index (κ2) is 7.39. The van der Waals surface area contributed by atoms with E-state index in [2.05, 4.69) is 5.32 Å². The number of nitrogens with zero attached hydrogens (tertiary/aromatic N) is 1. The van der Waals surface area contributed by atoms with Crippen LogP contribution in [0.25, 0.3) is 0 Å². The molecule has 138 valence electrons. The van der Waals surface area contributed by atoms with Crippen LogP contribution < -0.4 is 10.2 Å². The van der Waals surface area contributed by atoms with Crippen molar-refractivity contribution in [2.24, 2.45) is 0 Å². The zero-order valence-electron chi connectivity index (χ0n) is 15.6. The molecule has 0 aromatic heterocycles. The van der Waals surface area contributed by atoms with Crippen LogP contribution in [-0.2, 0) is 9.59 Å². The largest absolute Gasteiger partial charge is 0.357 e. The molecule has 4 nitrogen and oxygen atoms in total. The lowest BCUT2D eigenvalue weighted by Gasteiger charge is -2.34. The van der Waals surface area contributed by atoms with Crippen molar-refractivity contribution in [3.63, 3.8) is 0 Å². The van der Waals surface area contributed by atoms with E-state index in [1.807, 2.05) is 66.4 Å². The number of ketones is 1. The molecule has 0 fully saturated rings. The maximum atomic E-state index is 13.2. The highest BCUT2D eigenvalue weighted by Gasteiger charge is 2.38. The van der Waals surface area contributed by atoms with E-state index >= 15 is 0 Å². The van der Waals surface area contributed by atoms with Crippen LogP contribution in [0.5, 0.6) is 0 Å². The average molecular weight is 360 g/mol. The number of allylic oxidation sites excluding steroid dienone is 1. The molecule has 1 atom stereocenters. The van der Waals surface area contributed by atoms with E-state index in [9.17, 15) is 9.59 Å². The molecule has 1 amide bonds. The first-order chi connectivity index (χ1) is 13.2. The van der Waals surface area contributed by atoms with Gasteiger partial charge in [-0.1, -0.05) is 49.4 Å². The minimum Gasteiger partial charge on any atom is -0.357 e. The van der Waals surface area contributed by atoms with Gasteiger partial charge in [0, 0.05) is 24.1 Å². The number of Topliss-reactive ketones (excluding diaryl/α,β-unsaturated/α-hetero) is 1. The van der Waals surface area contributed by atoms with Gasteiger partial charge >= 0.3 is 0 Å². The highest BCUT2D eigenvalue weighted by Crippen LogP contribution is 2.44. The Kier molecular flexibility index (Phi) is 4.80. The summed E-state index contributed by atoms with van der Waals surface area (Å²) in [6, 6.07) is 17.4. The molecule has 0 saturated carbocycles. The van der Waals surface area contributed by atoms with Crippen molar-refractivity contribution in [3.8, 4) is 0 Å². The van der Waals surface area contributed by atoms with Gasteiger partial charge in [-0.15, -0.1) is 0 Å². The second-order valence-electron chi connectivity index (χ2n) is 7.14. The first kappa shape index (κ1) is 17.5. The van der Waals surface area contributed by atoms with Gasteiger partial charge in [0.1, 0.15) is 0 Å². The summed E-state index contributed by atoms with van der Waals surface area (Å²) in [6.07, 6.45) is 3.43. The Balaban J connectivity index is 1.98. The van der Waals surface area contributed by atoms with Crippen LogP contribution in [0.1, 0.15) is 50.6 Å². The molecule has 1 aliphatic carbocycles. The molecule has 1 N–H and O–H groups in total.